The Kier molecular flexibility index (Phi) is 4.90. The molecule has 1 fully saturated rings. The number of anilines is 1. The van der Waals surface area contributed by atoms with Gasteiger partial charge in [-0.15, -0.1) is 0 Å². The predicted molar refractivity (Wildman–Crippen MR) is 79.4 cm³/mol. The smallest absolute Gasteiger partial charge is 0.0459 e. The molecule has 0 bridgehead atoms. The number of rotatable bonds is 3. The molecule has 2 N–H and O–H groups in total. The van der Waals surface area contributed by atoms with E-state index in [1.54, 1.807) is 0 Å². The number of nitrogens with zero attached hydrogens (tertiary/aromatic N) is 1. The minimum atomic E-state index is 0.653. The summed E-state index contributed by atoms with van der Waals surface area (Å²) >= 11 is 6.31. The van der Waals surface area contributed by atoms with Gasteiger partial charge in [0.15, 0.2) is 0 Å². The third kappa shape index (κ3) is 3.39. The maximum atomic E-state index is 6.31. The molecule has 0 saturated carbocycles. The fraction of sp³-hybridized carbons (Fsp3) is 0.600. The van der Waals surface area contributed by atoms with Gasteiger partial charge in [-0.25, -0.2) is 0 Å². The van der Waals surface area contributed by atoms with Crippen LogP contribution in [-0.4, -0.2) is 19.6 Å². The van der Waals surface area contributed by atoms with Crippen LogP contribution in [0.25, 0.3) is 0 Å². The second-order valence-corrected chi connectivity index (χ2v) is 5.74. The van der Waals surface area contributed by atoms with Crippen LogP contribution in [0.15, 0.2) is 18.2 Å². The molecule has 2 rings (SSSR count). The van der Waals surface area contributed by atoms with Gasteiger partial charge in [-0.2, -0.15) is 0 Å². The first-order valence-electron chi connectivity index (χ1n) is 6.94. The lowest BCUT2D eigenvalue weighted by atomic mass is 10.0. The largest absolute Gasteiger partial charge is 0.371 e. The van der Waals surface area contributed by atoms with E-state index in [1.807, 2.05) is 0 Å². The van der Waals surface area contributed by atoms with Gasteiger partial charge in [0.25, 0.3) is 0 Å². The normalized spacial score (nSPS) is 20.8. The molecule has 1 aliphatic rings. The number of hydrogen-bond acceptors (Lipinski definition) is 2. The lowest BCUT2D eigenvalue weighted by Gasteiger charge is -2.23. The molecule has 1 aromatic rings. The van der Waals surface area contributed by atoms with Crippen molar-refractivity contribution < 1.29 is 0 Å². The number of nitrogens with two attached hydrogens (primary N) is 1. The van der Waals surface area contributed by atoms with Crippen molar-refractivity contribution in [2.45, 2.75) is 32.6 Å². The molecule has 0 aromatic heterocycles. The van der Waals surface area contributed by atoms with E-state index in [0.29, 0.717) is 6.54 Å². The second-order valence-electron chi connectivity index (χ2n) is 5.34. The lowest BCUT2D eigenvalue weighted by Crippen LogP contribution is -2.24. The fourth-order valence-electron chi connectivity index (χ4n) is 2.61. The van der Waals surface area contributed by atoms with E-state index in [1.165, 1.54) is 24.9 Å². The molecule has 0 amide bonds. The highest BCUT2D eigenvalue weighted by Crippen LogP contribution is 2.27. The van der Waals surface area contributed by atoms with E-state index in [-0.39, 0.29) is 0 Å². The van der Waals surface area contributed by atoms with Crippen molar-refractivity contribution in [2.75, 3.05) is 24.5 Å². The average molecular weight is 267 g/mol. The lowest BCUT2D eigenvalue weighted by molar-refractivity contribution is 0.521. The number of benzene rings is 1. The molecule has 1 unspecified atom stereocenters. The van der Waals surface area contributed by atoms with Gasteiger partial charge in [-0.3, -0.25) is 0 Å². The third-order valence-electron chi connectivity index (χ3n) is 3.83. The van der Waals surface area contributed by atoms with E-state index in [9.17, 15) is 0 Å². The summed E-state index contributed by atoms with van der Waals surface area (Å²) in [5, 5.41) is 0.857. The quantitative estimate of drug-likeness (QED) is 0.908. The van der Waals surface area contributed by atoms with Crippen molar-refractivity contribution in [3.05, 3.63) is 28.8 Å². The predicted octanol–water partition coefficient (Wildman–Crippen LogP) is 3.47. The van der Waals surface area contributed by atoms with Crippen LogP contribution in [0.1, 0.15) is 31.7 Å². The second kappa shape index (κ2) is 6.44. The summed E-state index contributed by atoms with van der Waals surface area (Å²) in [5.74, 6) is 0.849. The van der Waals surface area contributed by atoms with Crippen LogP contribution in [0.5, 0.6) is 0 Å². The highest BCUT2D eigenvalue weighted by Gasteiger charge is 2.14. The summed E-state index contributed by atoms with van der Waals surface area (Å²) in [6, 6.07) is 6.41. The molecule has 1 aliphatic heterocycles. The van der Waals surface area contributed by atoms with Gasteiger partial charge in [-0.05, 0) is 55.8 Å². The Morgan fingerprint density at radius 3 is 2.89 bits per heavy atom. The first-order chi connectivity index (χ1) is 8.70. The summed E-state index contributed by atoms with van der Waals surface area (Å²) in [5.41, 5.74) is 7.99. The maximum absolute atomic E-state index is 6.31. The van der Waals surface area contributed by atoms with Crippen molar-refractivity contribution in [3.63, 3.8) is 0 Å². The molecule has 3 heteroatoms. The molecule has 1 aromatic carbocycles. The Morgan fingerprint density at radius 1 is 1.33 bits per heavy atom. The van der Waals surface area contributed by atoms with Gasteiger partial charge >= 0.3 is 0 Å². The molecular formula is C15H23ClN2. The van der Waals surface area contributed by atoms with Crippen molar-refractivity contribution in [3.8, 4) is 0 Å². The van der Waals surface area contributed by atoms with Gasteiger partial charge in [0, 0.05) is 23.8 Å². The Balaban J connectivity index is 2.10. The van der Waals surface area contributed by atoms with Crippen LogP contribution < -0.4 is 10.6 Å². The van der Waals surface area contributed by atoms with Gasteiger partial charge in [0.05, 0.1) is 0 Å². The zero-order chi connectivity index (χ0) is 13.0. The minimum Gasteiger partial charge on any atom is -0.371 e. The third-order valence-corrected chi connectivity index (χ3v) is 4.18. The summed E-state index contributed by atoms with van der Waals surface area (Å²) in [4.78, 5) is 2.46. The van der Waals surface area contributed by atoms with E-state index in [4.69, 9.17) is 17.3 Å². The van der Waals surface area contributed by atoms with Crippen molar-refractivity contribution in [1.82, 2.24) is 0 Å². The van der Waals surface area contributed by atoms with Crippen LogP contribution in [-0.2, 0) is 6.42 Å². The van der Waals surface area contributed by atoms with E-state index >= 15 is 0 Å². The molecular weight excluding hydrogens is 244 g/mol. The maximum Gasteiger partial charge on any atom is 0.0459 e. The SMILES string of the molecule is CC1CCCN(c2ccc(CCN)c(Cl)c2)CC1. The Hall–Kier alpha value is -0.730. The molecule has 0 spiro atoms. The zero-order valence-corrected chi connectivity index (χ0v) is 11.9. The zero-order valence-electron chi connectivity index (χ0n) is 11.2. The number of hydrogen-bond donors (Lipinski definition) is 1. The first-order valence-corrected chi connectivity index (χ1v) is 7.32. The van der Waals surface area contributed by atoms with Crippen LogP contribution in [0.3, 0.4) is 0 Å². The number of halogens is 1. The van der Waals surface area contributed by atoms with Crippen LogP contribution in [0.2, 0.25) is 5.02 Å². The first kappa shape index (κ1) is 13.7. The van der Waals surface area contributed by atoms with E-state index in [2.05, 4.69) is 30.0 Å². The van der Waals surface area contributed by atoms with Crippen LogP contribution in [0.4, 0.5) is 5.69 Å². The fourth-order valence-corrected chi connectivity index (χ4v) is 2.88. The van der Waals surface area contributed by atoms with E-state index in [0.717, 1.165) is 36.0 Å². The Labute approximate surface area is 115 Å². The van der Waals surface area contributed by atoms with Crippen molar-refractivity contribution in [1.29, 1.82) is 0 Å². The monoisotopic (exact) mass is 266 g/mol. The highest BCUT2D eigenvalue weighted by atomic mass is 35.5. The highest BCUT2D eigenvalue weighted by molar-refractivity contribution is 6.31. The summed E-state index contributed by atoms with van der Waals surface area (Å²) in [7, 11) is 0. The standard InChI is InChI=1S/C15H23ClN2/c1-12-3-2-9-18(10-7-12)14-5-4-13(6-8-17)15(16)11-14/h4-5,11-12H,2-3,6-10,17H2,1H3. The van der Waals surface area contributed by atoms with Crippen molar-refractivity contribution >= 4 is 17.3 Å². The van der Waals surface area contributed by atoms with Gasteiger partial charge in [0.1, 0.15) is 0 Å². The summed E-state index contributed by atoms with van der Waals surface area (Å²) < 4.78 is 0. The van der Waals surface area contributed by atoms with Crippen LogP contribution in [0, 0.1) is 5.92 Å². The summed E-state index contributed by atoms with van der Waals surface area (Å²) in [6.07, 6.45) is 4.76. The molecule has 1 heterocycles. The van der Waals surface area contributed by atoms with Gasteiger partial charge < -0.3 is 10.6 Å². The van der Waals surface area contributed by atoms with Crippen molar-refractivity contribution in [2.24, 2.45) is 11.7 Å². The topological polar surface area (TPSA) is 29.3 Å². The van der Waals surface area contributed by atoms with Gasteiger partial charge in [-0.1, -0.05) is 24.6 Å². The molecule has 1 atom stereocenters. The van der Waals surface area contributed by atoms with Crippen LogP contribution >= 0.6 is 11.6 Å². The summed E-state index contributed by atoms with van der Waals surface area (Å²) in [6.45, 7) is 5.30. The van der Waals surface area contributed by atoms with Gasteiger partial charge in [0.2, 0.25) is 0 Å². The molecule has 1 saturated heterocycles. The average Bonchev–Trinajstić information content (AvgIpc) is 2.57. The molecule has 0 radical (unpaired) electrons. The molecule has 0 aliphatic carbocycles. The molecule has 18 heavy (non-hydrogen) atoms. The Morgan fingerprint density at radius 2 is 2.17 bits per heavy atom. The molecule has 100 valence electrons. The molecule has 2 nitrogen and oxygen atoms in total. The minimum absolute atomic E-state index is 0.653. The van der Waals surface area contributed by atoms with E-state index < -0.39 is 0 Å². The Bertz CT molecular complexity index is 392.